The maximum atomic E-state index is 11.9. The first kappa shape index (κ1) is 15.2. The van der Waals surface area contributed by atoms with Gasteiger partial charge in [-0.3, -0.25) is 4.79 Å². The first-order chi connectivity index (χ1) is 11.6. The van der Waals surface area contributed by atoms with Crippen molar-refractivity contribution in [3.8, 4) is 5.75 Å². The van der Waals surface area contributed by atoms with Gasteiger partial charge in [-0.2, -0.15) is 0 Å². The van der Waals surface area contributed by atoms with Crippen LogP contribution >= 0.6 is 0 Å². The van der Waals surface area contributed by atoms with E-state index in [1.165, 1.54) is 16.7 Å². The molecule has 2 aromatic rings. The summed E-state index contributed by atoms with van der Waals surface area (Å²) in [6.07, 6.45) is 6.68. The van der Waals surface area contributed by atoms with E-state index in [1.807, 2.05) is 18.2 Å². The monoisotopic (exact) mass is 318 g/mol. The number of hydrogen-bond acceptors (Lipinski definition) is 2. The summed E-state index contributed by atoms with van der Waals surface area (Å²) >= 11 is 0. The summed E-state index contributed by atoms with van der Waals surface area (Å²) in [6, 6.07) is 16.6. The van der Waals surface area contributed by atoms with Gasteiger partial charge in [-0.1, -0.05) is 49.4 Å². The van der Waals surface area contributed by atoms with Crippen molar-refractivity contribution >= 4 is 5.78 Å². The second-order valence-electron chi connectivity index (χ2n) is 7.20. The molecule has 0 aliphatic heterocycles. The van der Waals surface area contributed by atoms with Gasteiger partial charge >= 0.3 is 0 Å². The zero-order valence-electron chi connectivity index (χ0n) is 14.0. The Morgan fingerprint density at radius 3 is 2.83 bits per heavy atom. The first-order valence-corrected chi connectivity index (χ1v) is 8.66. The van der Waals surface area contributed by atoms with E-state index >= 15 is 0 Å². The van der Waals surface area contributed by atoms with Crippen LogP contribution in [0.25, 0.3) is 0 Å². The summed E-state index contributed by atoms with van der Waals surface area (Å²) in [4.78, 5) is 11.9. The maximum absolute atomic E-state index is 11.9. The molecule has 0 fully saturated rings. The molecule has 0 saturated heterocycles. The lowest BCUT2D eigenvalue weighted by molar-refractivity contribution is -0.116. The van der Waals surface area contributed by atoms with E-state index in [0.717, 1.165) is 18.6 Å². The molecule has 4 rings (SSSR count). The van der Waals surface area contributed by atoms with Gasteiger partial charge in [0.2, 0.25) is 0 Å². The van der Waals surface area contributed by atoms with Crippen LogP contribution in [0, 0.1) is 5.41 Å². The minimum atomic E-state index is 0.118. The van der Waals surface area contributed by atoms with Gasteiger partial charge in [0.05, 0.1) is 0 Å². The molecule has 2 nitrogen and oxygen atoms in total. The van der Waals surface area contributed by atoms with Crippen molar-refractivity contribution in [2.24, 2.45) is 5.41 Å². The van der Waals surface area contributed by atoms with Crippen LogP contribution in [-0.4, -0.2) is 5.78 Å². The molecule has 0 radical (unpaired) electrons. The van der Waals surface area contributed by atoms with Crippen LogP contribution in [0.2, 0.25) is 0 Å². The largest absolute Gasteiger partial charge is 0.489 e. The van der Waals surface area contributed by atoms with Gasteiger partial charge in [-0.05, 0) is 53.2 Å². The van der Waals surface area contributed by atoms with Crippen molar-refractivity contribution in [2.75, 3.05) is 0 Å². The van der Waals surface area contributed by atoms with Gasteiger partial charge in [0, 0.05) is 12.3 Å². The number of rotatable bonds is 3. The minimum absolute atomic E-state index is 0.118. The Bertz CT molecular complexity index is 791. The van der Waals surface area contributed by atoms with Gasteiger partial charge in [-0.15, -0.1) is 0 Å². The van der Waals surface area contributed by atoms with Crippen LogP contribution in [0.3, 0.4) is 0 Å². The second kappa shape index (κ2) is 5.94. The maximum Gasteiger partial charge on any atom is 0.156 e. The number of carbonyl (C=O) groups is 1. The fourth-order valence-corrected chi connectivity index (χ4v) is 4.00. The normalized spacial score (nSPS) is 25.0. The highest BCUT2D eigenvalue weighted by atomic mass is 16.5. The van der Waals surface area contributed by atoms with Gasteiger partial charge in [0.25, 0.3) is 0 Å². The third kappa shape index (κ3) is 2.77. The lowest BCUT2D eigenvalue weighted by atomic mass is 9.61. The molecule has 0 heterocycles. The highest BCUT2D eigenvalue weighted by molar-refractivity contribution is 5.91. The van der Waals surface area contributed by atoms with E-state index in [9.17, 15) is 4.79 Å². The standard InChI is InChI=1S/C22H22O2/c1-22-11-9-17-13-19(24-15-16-5-3-2-4-6-16)7-8-20(17)21(22)14-18(23)10-12-22/h2-8,10,12-13,21H,9,11,14-15H2,1H3/t21?,22-/m0/s1. The fraction of sp³-hybridized carbons (Fsp3) is 0.318. The van der Waals surface area contributed by atoms with Crippen molar-refractivity contribution in [1.82, 2.24) is 0 Å². The summed E-state index contributed by atoms with van der Waals surface area (Å²) in [7, 11) is 0. The van der Waals surface area contributed by atoms with Gasteiger partial charge in [0.1, 0.15) is 12.4 Å². The van der Waals surface area contributed by atoms with Crippen molar-refractivity contribution in [1.29, 1.82) is 0 Å². The van der Waals surface area contributed by atoms with Crippen molar-refractivity contribution < 1.29 is 9.53 Å². The number of aryl methyl sites for hydroxylation is 1. The number of fused-ring (bicyclic) bond motifs is 3. The Morgan fingerprint density at radius 1 is 1.17 bits per heavy atom. The average molecular weight is 318 g/mol. The summed E-state index contributed by atoms with van der Waals surface area (Å²) in [5.41, 5.74) is 3.96. The van der Waals surface area contributed by atoms with Crippen LogP contribution in [0.1, 0.15) is 42.4 Å². The Labute approximate surface area is 143 Å². The smallest absolute Gasteiger partial charge is 0.156 e. The summed E-state index contributed by atoms with van der Waals surface area (Å²) in [6.45, 7) is 2.87. The van der Waals surface area contributed by atoms with Gasteiger partial charge in [0.15, 0.2) is 5.78 Å². The molecule has 0 bridgehead atoms. The molecule has 2 atom stereocenters. The highest BCUT2D eigenvalue weighted by Crippen LogP contribution is 2.50. The molecule has 0 amide bonds. The topological polar surface area (TPSA) is 26.3 Å². The van der Waals surface area contributed by atoms with Gasteiger partial charge < -0.3 is 4.74 Å². The molecule has 0 spiro atoms. The molecule has 0 aromatic heterocycles. The van der Waals surface area contributed by atoms with Crippen LogP contribution in [0.5, 0.6) is 5.75 Å². The van der Waals surface area contributed by atoms with E-state index in [1.54, 1.807) is 6.08 Å². The van der Waals surface area contributed by atoms with E-state index in [2.05, 4.69) is 43.3 Å². The fourth-order valence-electron chi connectivity index (χ4n) is 4.00. The highest BCUT2D eigenvalue weighted by Gasteiger charge is 2.40. The number of hydrogen-bond donors (Lipinski definition) is 0. The lowest BCUT2D eigenvalue weighted by Gasteiger charge is -2.42. The number of carbonyl (C=O) groups excluding carboxylic acids is 1. The molecular formula is C22H22O2. The minimum Gasteiger partial charge on any atom is -0.489 e. The van der Waals surface area contributed by atoms with Crippen LogP contribution in [0.15, 0.2) is 60.7 Å². The molecule has 2 aliphatic carbocycles. The number of benzene rings is 2. The third-order valence-electron chi connectivity index (χ3n) is 5.52. The molecule has 122 valence electrons. The van der Waals surface area contributed by atoms with Crippen molar-refractivity contribution in [2.45, 2.75) is 38.7 Å². The summed E-state index contributed by atoms with van der Waals surface area (Å²) in [5, 5.41) is 0. The van der Waals surface area contributed by atoms with Crippen LogP contribution in [-0.2, 0) is 17.8 Å². The first-order valence-electron chi connectivity index (χ1n) is 8.66. The summed E-state index contributed by atoms with van der Waals surface area (Å²) in [5.74, 6) is 1.47. The molecular weight excluding hydrogens is 296 g/mol. The molecule has 1 unspecified atom stereocenters. The van der Waals surface area contributed by atoms with Crippen LogP contribution < -0.4 is 4.74 Å². The Morgan fingerprint density at radius 2 is 2.00 bits per heavy atom. The molecule has 2 aliphatic rings. The second-order valence-corrected chi connectivity index (χ2v) is 7.20. The Balaban J connectivity index is 1.56. The third-order valence-corrected chi connectivity index (χ3v) is 5.52. The number of ketones is 1. The molecule has 24 heavy (non-hydrogen) atoms. The van der Waals surface area contributed by atoms with E-state index in [4.69, 9.17) is 4.74 Å². The zero-order valence-corrected chi connectivity index (χ0v) is 14.0. The number of ether oxygens (including phenoxy) is 1. The molecule has 2 aromatic carbocycles. The average Bonchev–Trinajstić information content (AvgIpc) is 2.61. The quantitative estimate of drug-likeness (QED) is 0.810. The Kier molecular flexibility index (Phi) is 3.76. The molecule has 0 N–H and O–H groups in total. The van der Waals surface area contributed by atoms with Crippen molar-refractivity contribution in [3.05, 3.63) is 77.4 Å². The van der Waals surface area contributed by atoms with E-state index < -0.39 is 0 Å². The molecule has 2 heteroatoms. The Hall–Kier alpha value is -2.35. The van der Waals surface area contributed by atoms with E-state index in [0.29, 0.717) is 18.9 Å². The van der Waals surface area contributed by atoms with Gasteiger partial charge in [-0.25, -0.2) is 0 Å². The number of allylic oxidation sites excluding steroid dienone is 2. The summed E-state index contributed by atoms with van der Waals surface area (Å²) < 4.78 is 5.96. The zero-order chi connectivity index (χ0) is 16.6. The van der Waals surface area contributed by atoms with Crippen molar-refractivity contribution in [3.63, 3.8) is 0 Å². The predicted octanol–water partition coefficient (Wildman–Crippen LogP) is 4.83. The molecule has 0 saturated carbocycles. The van der Waals surface area contributed by atoms with Crippen LogP contribution in [0.4, 0.5) is 0 Å². The predicted molar refractivity (Wildman–Crippen MR) is 95.1 cm³/mol. The van der Waals surface area contributed by atoms with E-state index in [-0.39, 0.29) is 11.2 Å². The SMILES string of the molecule is C[C@]12C=CC(=O)CC1c1ccc(OCc3ccccc3)cc1CC2. The lowest BCUT2D eigenvalue weighted by Crippen LogP contribution is -2.33.